The van der Waals surface area contributed by atoms with Crippen LogP contribution in [0.3, 0.4) is 0 Å². The maximum absolute atomic E-state index is 12.5. The smallest absolute Gasteiger partial charge is 0.331 e. The predicted molar refractivity (Wildman–Crippen MR) is 90.1 cm³/mol. The number of hydrogen-bond acceptors (Lipinski definition) is 6. The van der Waals surface area contributed by atoms with E-state index in [-0.39, 0.29) is 18.7 Å². The molecule has 0 aromatic rings. The summed E-state index contributed by atoms with van der Waals surface area (Å²) in [5, 5.41) is 0. The molecule has 0 unspecified atom stereocenters. The second-order valence-electron chi connectivity index (χ2n) is 6.16. The van der Waals surface area contributed by atoms with Gasteiger partial charge < -0.3 is 4.90 Å². The Hall–Kier alpha value is -1.61. The van der Waals surface area contributed by atoms with Crippen molar-refractivity contribution in [2.45, 2.75) is 33.7 Å². The Morgan fingerprint density at radius 2 is 1.42 bits per heavy atom. The highest BCUT2D eigenvalue weighted by molar-refractivity contribution is 7.88. The molecule has 8 nitrogen and oxygen atoms in total. The Kier molecular flexibility index (Phi) is 5.54. The van der Waals surface area contributed by atoms with E-state index in [9.17, 15) is 18.0 Å². The highest BCUT2D eigenvalue weighted by atomic mass is 32.2. The fraction of sp³-hybridized carbons (Fsp3) is 0.733. The van der Waals surface area contributed by atoms with Gasteiger partial charge in [0.25, 0.3) is 11.8 Å². The summed E-state index contributed by atoms with van der Waals surface area (Å²) in [6.45, 7) is 10.5. The third-order valence-electron chi connectivity index (χ3n) is 4.44. The molecule has 2 amide bonds. The lowest BCUT2D eigenvalue weighted by Crippen LogP contribution is -2.56. The monoisotopic (exact) mass is 358 g/mol. The zero-order chi connectivity index (χ0) is 18.1. The standard InChI is InChI=1S/C15H26N4O4S/c1-5-18-14(20)13(15(21)19(6-2)24(18,22)23)11-16-7-9-17(10-8-16)12(3)4/h11-12H,5-10H2,1-4H3. The van der Waals surface area contributed by atoms with Gasteiger partial charge in [0.1, 0.15) is 5.57 Å². The molecule has 0 aromatic carbocycles. The van der Waals surface area contributed by atoms with Gasteiger partial charge in [0.05, 0.1) is 0 Å². The van der Waals surface area contributed by atoms with Crippen molar-refractivity contribution in [1.29, 1.82) is 0 Å². The molecule has 9 heteroatoms. The lowest BCUT2D eigenvalue weighted by molar-refractivity contribution is -0.131. The first-order valence-corrected chi connectivity index (χ1v) is 9.72. The van der Waals surface area contributed by atoms with E-state index in [1.54, 1.807) is 13.8 Å². The summed E-state index contributed by atoms with van der Waals surface area (Å²) in [5.74, 6) is -1.48. The SMILES string of the molecule is CCN1C(=O)C(=CN2CCN(C(C)C)CC2)C(=O)N(CC)S1(=O)=O. The Morgan fingerprint density at radius 3 is 1.79 bits per heavy atom. The summed E-state index contributed by atoms with van der Waals surface area (Å²) in [6.07, 6.45) is 1.53. The molecule has 0 bridgehead atoms. The van der Waals surface area contributed by atoms with E-state index < -0.39 is 22.0 Å². The number of hydrogen-bond donors (Lipinski definition) is 0. The minimum absolute atomic E-state index is 0.00339. The van der Waals surface area contributed by atoms with Gasteiger partial charge in [0.2, 0.25) is 0 Å². The van der Waals surface area contributed by atoms with Crippen LogP contribution in [0.1, 0.15) is 27.7 Å². The van der Waals surface area contributed by atoms with Crippen molar-refractivity contribution in [1.82, 2.24) is 18.4 Å². The highest BCUT2D eigenvalue weighted by Crippen LogP contribution is 2.23. The molecule has 0 saturated carbocycles. The summed E-state index contributed by atoms with van der Waals surface area (Å²) in [6, 6.07) is 0.453. The Labute approximate surface area is 143 Å². The molecule has 2 fully saturated rings. The van der Waals surface area contributed by atoms with Gasteiger partial charge in [-0.15, -0.1) is 0 Å². The van der Waals surface area contributed by atoms with Crippen LogP contribution in [0.4, 0.5) is 0 Å². The van der Waals surface area contributed by atoms with Gasteiger partial charge in [0, 0.05) is 51.5 Å². The quantitative estimate of drug-likeness (QED) is 0.514. The number of nitrogens with zero attached hydrogens (tertiary/aromatic N) is 4. The molecule has 2 heterocycles. The van der Waals surface area contributed by atoms with E-state index in [1.807, 2.05) is 4.90 Å². The number of amides is 2. The summed E-state index contributed by atoms with van der Waals surface area (Å²) >= 11 is 0. The van der Waals surface area contributed by atoms with Gasteiger partial charge in [-0.3, -0.25) is 14.5 Å². The molecule has 0 aromatic heterocycles. The van der Waals surface area contributed by atoms with Crippen molar-refractivity contribution >= 4 is 22.0 Å². The molecule has 0 spiro atoms. The lowest BCUT2D eigenvalue weighted by Gasteiger charge is -2.38. The van der Waals surface area contributed by atoms with Gasteiger partial charge in [-0.25, -0.2) is 8.61 Å². The van der Waals surface area contributed by atoms with Crippen LogP contribution in [0, 0.1) is 0 Å². The molecule has 2 aliphatic rings. The Morgan fingerprint density at radius 1 is 0.958 bits per heavy atom. The topological polar surface area (TPSA) is 81.2 Å². The summed E-state index contributed by atoms with van der Waals surface area (Å²) in [5.41, 5.74) is -0.0773. The van der Waals surface area contributed by atoms with Crippen molar-refractivity contribution in [2.24, 2.45) is 0 Å². The number of piperazine rings is 1. The second-order valence-corrected chi connectivity index (χ2v) is 7.93. The van der Waals surface area contributed by atoms with E-state index in [4.69, 9.17) is 0 Å². The van der Waals surface area contributed by atoms with Crippen LogP contribution < -0.4 is 0 Å². The molecule has 0 radical (unpaired) electrons. The third-order valence-corrected chi connectivity index (χ3v) is 6.40. The van der Waals surface area contributed by atoms with E-state index in [2.05, 4.69) is 18.7 Å². The van der Waals surface area contributed by atoms with Crippen molar-refractivity contribution in [3.8, 4) is 0 Å². The first-order valence-electron chi connectivity index (χ1n) is 8.33. The first kappa shape index (κ1) is 18.7. The summed E-state index contributed by atoms with van der Waals surface area (Å²) in [7, 11) is -4.06. The van der Waals surface area contributed by atoms with Crippen LogP contribution >= 0.6 is 0 Å². The predicted octanol–water partition coefficient (Wildman–Crippen LogP) is -0.148. The minimum Gasteiger partial charge on any atom is -0.374 e. The molecule has 136 valence electrons. The lowest BCUT2D eigenvalue weighted by atomic mass is 10.2. The number of carbonyl (C=O) groups excluding carboxylic acids is 2. The van der Waals surface area contributed by atoms with Crippen LogP contribution in [0.25, 0.3) is 0 Å². The van der Waals surface area contributed by atoms with Crippen LogP contribution in [-0.4, -0.2) is 84.0 Å². The third kappa shape index (κ3) is 3.27. The maximum Gasteiger partial charge on any atom is 0.331 e. The molecule has 2 aliphatic heterocycles. The minimum atomic E-state index is -4.06. The van der Waals surface area contributed by atoms with Crippen LogP contribution in [-0.2, 0) is 19.8 Å². The van der Waals surface area contributed by atoms with Gasteiger partial charge in [-0.05, 0) is 27.7 Å². The molecule has 0 N–H and O–H groups in total. The zero-order valence-corrected chi connectivity index (χ0v) is 15.5. The number of carbonyl (C=O) groups is 2. The van der Waals surface area contributed by atoms with Crippen LogP contribution in [0.5, 0.6) is 0 Å². The average Bonchev–Trinajstić information content (AvgIpc) is 2.52. The highest BCUT2D eigenvalue weighted by Gasteiger charge is 2.45. The van der Waals surface area contributed by atoms with Crippen molar-refractivity contribution < 1.29 is 18.0 Å². The Bertz CT molecular complexity index is 604. The van der Waals surface area contributed by atoms with Gasteiger partial charge in [-0.1, -0.05) is 0 Å². The van der Waals surface area contributed by atoms with E-state index in [0.29, 0.717) is 19.1 Å². The summed E-state index contributed by atoms with van der Waals surface area (Å²) in [4.78, 5) is 29.2. The number of likely N-dealkylation sites (N-methyl/N-ethyl adjacent to an activating group) is 2. The largest absolute Gasteiger partial charge is 0.374 e. The van der Waals surface area contributed by atoms with Crippen LogP contribution in [0.2, 0.25) is 0 Å². The average molecular weight is 358 g/mol. The zero-order valence-electron chi connectivity index (χ0n) is 14.7. The van der Waals surface area contributed by atoms with Crippen molar-refractivity contribution in [3.05, 3.63) is 11.8 Å². The van der Waals surface area contributed by atoms with E-state index in [0.717, 1.165) is 21.7 Å². The molecule has 0 atom stereocenters. The first-order chi connectivity index (χ1) is 11.2. The van der Waals surface area contributed by atoms with E-state index in [1.165, 1.54) is 6.20 Å². The molecular weight excluding hydrogens is 332 g/mol. The van der Waals surface area contributed by atoms with E-state index >= 15 is 0 Å². The van der Waals surface area contributed by atoms with Crippen LogP contribution in [0.15, 0.2) is 11.8 Å². The van der Waals surface area contributed by atoms with Gasteiger partial charge in [-0.2, -0.15) is 8.42 Å². The molecular formula is C15H26N4O4S. The second kappa shape index (κ2) is 7.10. The normalized spacial score (nSPS) is 22.5. The maximum atomic E-state index is 12.5. The fourth-order valence-corrected chi connectivity index (χ4v) is 4.48. The van der Waals surface area contributed by atoms with Gasteiger partial charge >= 0.3 is 10.2 Å². The molecule has 24 heavy (non-hydrogen) atoms. The van der Waals surface area contributed by atoms with Crippen molar-refractivity contribution in [3.63, 3.8) is 0 Å². The number of rotatable bonds is 4. The molecule has 0 aliphatic carbocycles. The Balaban J connectivity index is 2.26. The van der Waals surface area contributed by atoms with Crippen molar-refractivity contribution in [2.75, 3.05) is 39.3 Å². The van der Waals surface area contributed by atoms with Gasteiger partial charge in [0.15, 0.2) is 0 Å². The molecule has 2 rings (SSSR count). The fourth-order valence-electron chi connectivity index (χ4n) is 2.98. The molecule has 2 saturated heterocycles. The summed E-state index contributed by atoms with van der Waals surface area (Å²) < 4.78 is 26.1.